The van der Waals surface area contributed by atoms with Crippen molar-refractivity contribution in [3.63, 3.8) is 0 Å². The molecule has 0 saturated heterocycles. The average Bonchev–Trinajstić information content (AvgIpc) is 3.45. The molecular weight excluding hydrogens is 604 g/mol. The molecule has 0 atom stereocenters. The number of aromatic nitrogens is 4. The molecule has 1 amide bonds. The molecule has 0 aliphatic carbocycles. The number of carbonyl (C=O) groups is 1. The molecule has 10 nitrogen and oxygen atoms in total. The molecule has 2 N–H and O–H groups in total. The van der Waals surface area contributed by atoms with Gasteiger partial charge in [-0.15, -0.1) is 0 Å². The van der Waals surface area contributed by atoms with Crippen molar-refractivity contribution in [2.75, 3.05) is 45.0 Å². The number of likely N-dealkylation sites (N-methyl/N-ethyl adjacent to an activating group) is 1. The second kappa shape index (κ2) is 13.6. The predicted octanol–water partition coefficient (Wildman–Crippen LogP) is 6.68. The van der Waals surface area contributed by atoms with Crippen molar-refractivity contribution in [1.82, 2.24) is 24.5 Å². The van der Waals surface area contributed by atoms with Gasteiger partial charge < -0.3 is 25.0 Å². The number of benzene rings is 3. The van der Waals surface area contributed by atoms with Crippen LogP contribution in [-0.4, -0.2) is 64.7 Å². The molecule has 0 spiro atoms. The SMILES string of the molecule is COc1ccc(Nc2nccc(-c3c(-c4cccc(NC(=O)c5c(F)cccc5F)c4)nn4ccccc34)n2)cc1OCCN(C)C. The van der Waals surface area contributed by atoms with E-state index in [1.54, 1.807) is 42.1 Å². The molecular formula is C35H31F2N7O3. The zero-order valence-corrected chi connectivity index (χ0v) is 25.9. The summed E-state index contributed by atoms with van der Waals surface area (Å²) in [4.78, 5) is 24.1. The van der Waals surface area contributed by atoms with Crippen LogP contribution in [0.15, 0.2) is 97.3 Å². The van der Waals surface area contributed by atoms with Gasteiger partial charge >= 0.3 is 0 Å². The monoisotopic (exact) mass is 635 g/mol. The first-order valence-electron chi connectivity index (χ1n) is 14.7. The largest absolute Gasteiger partial charge is 0.493 e. The van der Waals surface area contributed by atoms with Crippen LogP contribution in [0.1, 0.15) is 10.4 Å². The lowest BCUT2D eigenvalue weighted by molar-refractivity contribution is 0.101. The number of ether oxygens (including phenoxy) is 2. The number of amides is 1. The maximum absolute atomic E-state index is 14.3. The van der Waals surface area contributed by atoms with Gasteiger partial charge in [0, 0.05) is 41.9 Å². The van der Waals surface area contributed by atoms with Crippen LogP contribution in [0.4, 0.5) is 26.1 Å². The molecule has 0 unspecified atom stereocenters. The van der Waals surface area contributed by atoms with Crippen LogP contribution in [-0.2, 0) is 0 Å². The molecule has 6 aromatic rings. The summed E-state index contributed by atoms with van der Waals surface area (Å²) in [6.45, 7) is 1.23. The van der Waals surface area contributed by atoms with Gasteiger partial charge in [0.25, 0.3) is 5.91 Å². The normalized spacial score (nSPS) is 11.1. The minimum Gasteiger partial charge on any atom is -0.493 e. The summed E-state index contributed by atoms with van der Waals surface area (Å²) in [6.07, 6.45) is 3.48. The molecule has 0 aliphatic rings. The maximum Gasteiger partial charge on any atom is 0.261 e. The highest BCUT2D eigenvalue weighted by Crippen LogP contribution is 2.36. The Kier molecular flexibility index (Phi) is 9.02. The van der Waals surface area contributed by atoms with Crippen molar-refractivity contribution in [3.05, 3.63) is 115 Å². The van der Waals surface area contributed by atoms with Crippen LogP contribution < -0.4 is 20.1 Å². The first kappa shape index (κ1) is 31.1. The fourth-order valence-electron chi connectivity index (χ4n) is 5.00. The summed E-state index contributed by atoms with van der Waals surface area (Å²) in [5, 5.41) is 10.7. The third kappa shape index (κ3) is 6.87. The van der Waals surface area contributed by atoms with Crippen LogP contribution in [0, 0.1) is 11.6 Å². The first-order chi connectivity index (χ1) is 22.8. The number of hydrogen-bond donors (Lipinski definition) is 2. The number of hydrogen-bond acceptors (Lipinski definition) is 8. The highest BCUT2D eigenvalue weighted by molar-refractivity contribution is 6.05. The van der Waals surface area contributed by atoms with Gasteiger partial charge in [-0.2, -0.15) is 5.10 Å². The number of rotatable bonds is 11. The Balaban J connectivity index is 1.33. The van der Waals surface area contributed by atoms with Gasteiger partial charge in [-0.1, -0.05) is 24.3 Å². The molecule has 0 saturated carbocycles. The Bertz CT molecular complexity index is 2050. The fourth-order valence-corrected chi connectivity index (χ4v) is 5.00. The van der Waals surface area contributed by atoms with Crippen LogP contribution in [0.25, 0.3) is 28.0 Å². The van der Waals surface area contributed by atoms with Crippen molar-refractivity contribution in [3.8, 4) is 34.0 Å². The lowest BCUT2D eigenvalue weighted by Gasteiger charge is -2.15. The molecule has 0 bridgehead atoms. The lowest BCUT2D eigenvalue weighted by Crippen LogP contribution is -2.19. The summed E-state index contributed by atoms with van der Waals surface area (Å²) in [5.41, 5.74) is 3.73. The number of anilines is 3. The summed E-state index contributed by atoms with van der Waals surface area (Å²) in [7, 11) is 5.54. The zero-order chi connectivity index (χ0) is 32.9. The highest BCUT2D eigenvalue weighted by atomic mass is 19.1. The maximum atomic E-state index is 14.3. The van der Waals surface area contributed by atoms with Crippen LogP contribution in [0.5, 0.6) is 11.5 Å². The van der Waals surface area contributed by atoms with Crippen molar-refractivity contribution in [1.29, 1.82) is 0 Å². The molecule has 3 aromatic heterocycles. The molecule has 238 valence electrons. The van der Waals surface area contributed by atoms with E-state index >= 15 is 0 Å². The summed E-state index contributed by atoms with van der Waals surface area (Å²) < 4.78 is 41.7. The Morgan fingerprint density at radius 1 is 0.915 bits per heavy atom. The van der Waals surface area contributed by atoms with Crippen LogP contribution in [0.2, 0.25) is 0 Å². The van der Waals surface area contributed by atoms with Gasteiger partial charge in [0.15, 0.2) is 11.5 Å². The minimum atomic E-state index is -0.947. The van der Waals surface area contributed by atoms with E-state index in [1.807, 2.05) is 67.7 Å². The van der Waals surface area contributed by atoms with Crippen molar-refractivity contribution in [2.45, 2.75) is 0 Å². The van der Waals surface area contributed by atoms with Gasteiger partial charge in [-0.3, -0.25) is 4.79 Å². The van der Waals surface area contributed by atoms with E-state index in [4.69, 9.17) is 19.6 Å². The Hall–Kier alpha value is -5.88. The summed E-state index contributed by atoms with van der Waals surface area (Å²) >= 11 is 0. The second-order valence-electron chi connectivity index (χ2n) is 10.8. The predicted molar refractivity (Wildman–Crippen MR) is 176 cm³/mol. The first-order valence-corrected chi connectivity index (χ1v) is 14.7. The van der Waals surface area contributed by atoms with E-state index in [0.29, 0.717) is 52.4 Å². The average molecular weight is 636 g/mol. The number of pyridine rings is 1. The van der Waals surface area contributed by atoms with E-state index < -0.39 is 23.1 Å². The minimum absolute atomic E-state index is 0.339. The number of nitrogens with zero attached hydrogens (tertiary/aromatic N) is 5. The van der Waals surface area contributed by atoms with E-state index in [0.717, 1.165) is 29.8 Å². The topological polar surface area (TPSA) is 106 Å². The number of methoxy groups -OCH3 is 1. The molecule has 12 heteroatoms. The summed E-state index contributed by atoms with van der Waals surface area (Å²) in [6, 6.07) is 23.1. The number of fused-ring (bicyclic) bond motifs is 1. The molecule has 47 heavy (non-hydrogen) atoms. The van der Waals surface area contributed by atoms with Crippen LogP contribution in [0.3, 0.4) is 0 Å². The van der Waals surface area contributed by atoms with E-state index in [-0.39, 0.29) is 0 Å². The molecule has 6 rings (SSSR count). The Morgan fingerprint density at radius 2 is 1.72 bits per heavy atom. The van der Waals surface area contributed by atoms with Gasteiger partial charge in [0.1, 0.15) is 29.5 Å². The third-order valence-electron chi connectivity index (χ3n) is 7.25. The standard InChI is InChI=1S/C35H31F2N7O3/c1-43(2)18-19-47-30-21-24(13-14-29(30)46-3)40-35-38-16-15-27(41-35)32-28-12-4-5-17-44(28)42-33(32)22-8-6-9-23(20-22)39-34(45)31-25(36)10-7-11-26(31)37/h4-17,20-21H,18-19H2,1-3H3,(H,39,45)(H,38,40,41). The Morgan fingerprint density at radius 3 is 2.51 bits per heavy atom. The molecule has 0 fully saturated rings. The van der Waals surface area contributed by atoms with Gasteiger partial charge in [0.2, 0.25) is 5.95 Å². The van der Waals surface area contributed by atoms with Crippen LogP contribution >= 0.6 is 0 Å². The zero-order valence-electron chi connectivity index (χ0n) is 25.9. The van der Waals surface area contributed by atoms with Crippen molar-refractivity contribution >= 4 is 28.7 Å². The second-order valence-corrected chi connectivity index (χ2v) is 10.8. The fraction of sp³-hybridized carbons (Fsp3) is 0.143. The smallest absolute Gasteiger partial charge is 0.261 e. The molecule has 3 aromatic carbocycles. The van der Waals surface area contributed by atoms with Crippen molar-refractivity contribution < 1.29 is 23.0 Å². The van der Waals surface area contributed by atoms with Gasteiger partial charge in [-0.25, -0.2) is 23.3 Å². The van der Waals surface area contributed by atoms with Gasteiger partial charge in [0.05, 0.1) is 23.9 Å². The quantitative estimate of drug-likeness (QED) is 0.162. The van der Waals surface area contributed by atoms with E-state index in [9.17, 15) is 13.6 Å². The number of carbonyl (C=O) groups excluding carboxylic acids is 1. The third-order valence-corrected chi connectivity index (χ3v) is 7.25. The lowest BCUT2D eigenvalue weighted by atomic mass is 10.0. The number of nitrogens with one attached hydrogen (secondary N) is 2. The molecule has 3 heterocycles. The van der Waals surface area contributed by atoms with E-state index in [1.165, 1.54) is 6.07 Å². The Labute approximate surface area is 269 Å². The van der Waals surface area contributed by atoms with E-state index in [2.05, 4.69) is 15.6 Å². The summed E-state index contributed by atoms with van der Waals surface area (Å²) in [5.74, 6) is -1.25. The van der Waals surface area contributed by atoms with Crippen molar-refractivity contribution in [2.24, 2.45) is 0 Å². The number of halogens is 2. The van der Waals surface area contributed by atoms with Gasteiger partial charge in [-0.05, 0) is 68.7 Å². The highest BCUT2D eigenvalue weighted by Gasteiger charge is 2.20. The molecule has 0 radical (unpaired) electrons. The molecule has 0 aliphatic heterocycles.